The number of benzene rings is 1. The summed E-state index contributed by atoms with van der Waals surface area (Å²) in [5, 5.41) is 3.67. The van der Waals surface area contributed by atoms with Crippen molar-refractivity contribution in [1.29, 1.82) is 0 Å². The van der Waals surface area contributed by atoms with Crippen molar-refractivity contribution in [2.24, 2.45) is 5.92 Å². The third kappa shape index (κ3) is 5.57. The van der Waals surface area contributed by atoms with Crippen LogP contribution in [0.1, 0.15) is 70.0 Å². The summed E-state index contributed by atoms with van der Waals surface area (Å²) >= 11 is 3.60. The first-order valence-electron chi connectivity index (χ1n) is 8.11. The van der Waals surface area contributed by atoms with Gasteiger partial charge in [-0.1, -0.05) is 74.5 Å². The highest BCUT2D eigenvalue weighted by atomic mass is 79.9. The third-order valence-electron chi connectivity index (χ3n) is 4.15. The van der Waals surface area contributed by atoms with Gasteiger partial charge in [-0.3, -0.25) is 0 Å². The maximum atomic E-state index is 3.67. The molecule has 2 unspecified atom stereocenters. The fraction of sp³-hybridized carbons (Fsp3) is 0.667. The van der Waals surface area contributed by atoms with Gasteiger partial charge in [0.1, 0.15) is 0 Å². The highest BCUT2D eigenvalue weighted by Gasteiger charge is 2.16. The second-order valence-electron chi connectivity index (χ2n) is 5.77. The Morgan fingerprint density at radius 1 is 1.20 bits per heavy atom. The monoisotopic (exact) mass is 339 g/mol. The summed E-state index contributed by atoms with van der Waals surface area (Å²) in [5.41, 5.74) is 2.76. The first kappa shape index (κ1) is 17.7. The van der Waals surface area contributed by atoms with E-state index in [2.05, 4.69) is 67.1 Å². The van der Waals surface area contributed by atoms with Crippen molar-refractivity contribution in [2.75, 3.05) is 6.54 Å². The molecule has 0 aliphatic heterocycles. The molecule has 20 heavy (non-hydrogen) atoms. The molecule has 0 spiro atoms. The normalized spacial score (nSPS) is 14.2. The van der Waals surface area contributed by atoms with Gasteiger partial charge in [-0.25, -0.2) is 0 Å². The molecule has 1 aromatic carbocycles. The predicted octanol–water partition coefficient (Wildman–Crippen LogP) is 6.01. The number of halogens is 1. The minimum atomic E-state index is 0.494. The number of aryl methyl sites for hydroxylation is 1. The second kappa shape index (κ2) is 9.57. The van der Waals surface area contributed by atoms with Gasteiger partial charge in [-0.2, -0.15) is 0 Å². The molecule has 1 aromatic rings. The molecular formula is C18H30BrN. The van der Waals surface area contributed by atoms with Crippen molar-refractivity contribution in [1.82, 2.24) is 5.32 Å². The van der Waals surface area contributed by atoms with Crippen LogP contribution < -0.4 is 5.32 Å². The van der Waals surface area contributed by atoms with Gasteiger partial charge in [0.2, 0.25) is 0 Å². The molecule has 114 valence electrons. The fourth-order valence-electron chi connectivity index (χ4n) is 2.78. The zero-order valence-electron chi connectivity index (χ0n) is 13.5. The molecule has 0 heterocycles. The van der Waals surface area contributed by atoms with Crippen molar-refractivity contribution in [3.63, 3.8) is 0 Å². The van der Waals surface area contributed by atoms with Crippen molar-refractivity contribution in [3.8, 4) is 0 Å². The maximum Gasteiger partial charge on any atom is 0.0322 e. The van der Waals surface area contributed by atoms with Gasteiger partial charge < -0.3 is 5.32 Å². The lowest BCUT2D eigenvalue weighted by Gasteiger charge is -2.24. The van der Waals surface area contributed by atoms with E-state index in [-0.39, 0.29) is 0 Å². The van der Waals surface area contributed by atoms with Crippen LogP contribution in [0, 0.1) is 12.8 Å². The second-order valence-corrected chi connectivity index (χ2v) is 6.63. The maximum absolute atomic E-state index is 3.67. The molecule has 0 saturated heterocycles. The molecule has 2 atom stereocenters. The summed E-state index contributed by atoms with van der Waals surface area (Å²) in [6.07, 6.45) is 6.57. The molecular weight excluding hydrogens is 310 g/mol. The van der Waals surface area contributed by atoms with Crippen LogP contribution in [0.25, 0.3) is 0 Å². The lowest BCUT2D eigenvalue weighted by molar-refractivity contribution is 0.357. The molecule has 0 bridgehead atoms. The van der Waals surface area contributed by atoms with E-state index >= 15 is 0 Å². The highest BCUT2D eigenvalue weighted by molar-refractivity contribution is 9.10. The van der Waals surface area contributed by atoms with Crippen LogP contribution in [0.5, 0.6) is 0 Å². The van der Waals surface area contributed by atoms with E-state index in [4.69, 9.17) is 0 Å². The highest BCUT2D eigenvalue weighted by Crippen LogP contribution is 2.29. The lowest BCUT2D eigenvalue weighted by Crippen LogP contribution is -2.23. The topological polar surface area (TPSA) is 12.0 Å². The lowest BCUT2D eigenvalue weighted by atomic mass is 9.89. The Balaban J connectivity index is 2.78. The molecule has 2 heteroatoms. The van der Waals surface area contributed by atoms with Crippen LogP contribution in [0.4, 0.5) is 0 Å². The van der Waals surface area contributed by atoms with Crippen LogP contribution in [-0.4, -0.2) is 6.54 Å². The molecule has 0 fully saturated rings. The van der Waals surface area contributed by atoms with Crippen LogP contribution in [0.3, 0.4) is 0 Å². The zero-order chi connectivity index (χ0) is 15.0. The van der Waals surface area contributed by atoms with Crippen LogP contribution >= 0.6 is 15.9 Å². The molecule has 1 N–H and O–H groups in total. The average Bonchev–Trinajstić information content (AvgIpc) is 2.45. The Labute approximate surface area is 133 Å². The summed E-state index contributed by atoms with van der Waals surface area (Å²) in [6.45, 7) is 10.0. The molecule has 1 nitrogen and oxygen atoms in total. The number of hydrogen-bond acceptors (Lipinski definition) is 1. The van der Waals surface area contributed by atoms with Crippen LogP contribution in [0.2, 0.25) is 0 Å². The fourth-order valence-corrected chi connectivity index (χ4v) is 3.03. The van der Waals surface area contributed by atoms with E-state index < -0.39 is 0 Å². The van der Waals surface area contributed by atoms with E-state index in [1.54, 1.807) is 0 Å². The summed E-state index contributed by atoms with van der Waals surface area (Å²) in [5.74, 6) is 0.836. The van der Waals surface area contributed by atoms with E-state index in [1.807, 2.05) is 0 Å². The SMILES string of the molecule is CCCCC(CC)CC(NCC)c1ccc(Br)c(C)c1. The molecule has 0 amide bonds. The molecule has 1 rings (SSSR count). The van der Waals surface area contributed by atoms with Crippen molar-refractivity contribution < 1.29 is 0 Å². The quantitative estimate of drug-likeness (QED) is 0.580. The molecule has 0 aromatic heterocycles. The van der Waals surface area contributed by atoms with Gasteiger partial charge in [0.15, 0.2) is 0 Å². The van der Waals surface area contributed by atoms with Crippen molar-refractivity contribution in [3.05, 3.63) is 33.8 Å². The molecule has 0 aliphatic rings. The average molecular weight is 340 g/mol. The first-order valence-corrected chi connectivity index (χ1v) is 8.91. The minimum Gasteiger partial charge on any atom is -0.310 e. The van der Waals surface area contributed by atoms with E-state index in [0.717, 1.165) is 12.5 Å². The Morgan fingerprint density at radius 3 is 2.50 bits per heavy atom. The van der Waals surface area contributed by atoms with E-state index in [1.165, 1.54) is 47.7 Å². The predicted molar refractivity (Wildman–Crippen MR) is 93.2 cm³/mol. The van der Waals surface area contributed by atoms with E-state index in [9.17, 15) is 0 Å². The Kier molecular flexibility index (Phi) is 8.47. The number of hydrogen-bond donors (Lipinski definition) is 1. The van der Waals surface area contributed by atoms with Crippen LogP contribution in [-0.2, 0) is 0 Å². The van der Waals surface area contributed by atoms with Gasteiger partial charge in [0.25, 0.3) is 0 Å². The zero-order valence-corrected chi connectivity index (χ0v) is 15.1. The Bertz CT molecular complexity index is 389. The summed E-state index contributed by atoms with van der Waals surface area (Å²) in [4.78, 5) is 0. The Morgan fingerprint density at radius 2 is 1.95 bits per heavy atom. The van der Waals surface area contributed by atoms with Gasteiger partial charge >= 0.3 is 0 Å². The molecule has 0 radical (unpaired) electrons. The largest absolute Gasteiger partial charge is 0.310 e. The minimum absolute atomic E-state index is 0.494. The van der Waals surface area contributed by atoms with E-state index in [0.29, 0.717) is 6.04 Å². The van der Waals surface area contributed by atoms with Crippen molar-refractivity contribution in [2.45, 2.75) is 65.8 Å². The Hall–Kier alpha value is -0.340. The van der Waals surface area contributed by atoms with Gasteiger partial charge in [0.05, 0.1) is 0 Å². The summed E-state index contributed by atoms with van der Waals surface area (Å²) in [6, 6.07) is 7.26. The van der Waals surface area contributed by atoms with Crippen molar-refractivity contribution >= 4 is 15.9 Å². The summed E-state index contributed by atoms with van der Waals surface area (Å²) < 4.78 is 1.20. The van der Waals surface area contributed by atoms with Gasteiger partial charge in [-0.15, -0.1) is 0 Å². The number of nitrogens with one attached hydrogen (secondary N) is 1. The number of rotatable bonds is 9. The van der Waals surface area contributed by atoms with Gasteiger partial charge in [0, 0.05) is 10.5 Å². The molecule has 0 saturated carbocycles. The standard InChI is InChI=1S/C18H30BrN/c1-5-8-9-15(6-2)13-18(20-7-3)16-10-11-17(19)14(4)12-16/h10-12,15,18,20H,5-9,13H2,1-4H3. The summed E-state index contributed by atoms with van der Waals surface area (Å²) in [7, 11) is 0. The van der Waals surface area contributed by atoms with Gasteiger partial charge in [-0.05, 0) is 43.0 Å². The first-order chi connectivity index (χ1) is 9.62. The third-order valence-corrected chi connectivity index (χ3v) is 5.04. The molecule has 0 aliphatic carbocycles. The number of unbranched alkanes of at least 4 members (excludes halogenated alkanes) is 1. The smallest absolute Gasteiger partial charge is 0.0322 e. The van der Waals surface area contributed by atoms with Crippen LogP contribution in [0.15, 0.2) is 22.7 Å².